The van der Waals surface area contributed by atoms with Gasteiger partial charge in [-0.2, -0.15) is 0 Å². The molecule has 3 aromatic heterocycles. The lowest BCUT2D eigenvalue weighted by Gasteiger charge is -2.12. The molecule has 21 heavy (non-hydrogen) atoms. The first kappa shape index (κ1) is 12.3. The molecule has 3 aromatic rings. The fourth-order valence-corrected chi connectivity index (χ4v) is 2.95. The van der Waals surface area contributed by atoms with Crippen molar-refractivity contribution >= 4 is 11.5 Å². The molecule has 4 rings (SSSR count). The van der Waals surface area contributed by atoms with E-state index in [-0.39, 0.29) is 0 Å². The molecule has 5 nitrogen and oxygen atoms in total. The van der Waals surface area contributed by atoms with Gasteiger partial charge in [0.05, 0.1) is 11.9 Å². The Morgan fingerprint density at radius 3 is 2.67 bits per heavy atom. The molecule has 0 atom stereocenters. The minimum Gasteiger partial charge on any atom is -0.366 e. The van der Waals surface area contributed by atoms with Crippen LogP contribution in [0.3, 0.4) is 0 Å². The zero-order valence-corrected chi connectivity index (χ0v) is 11.7. The Bertz CT molecular complexity index is 744. The molecule has 1 N–H and O–H groups in total. The van der Waals surface area contributed by atoms with E-state index in [1.807, 2.05) is 35.0 Å². The third kappa shape index (κ3) is 2.35. The van der Waals surface area contributed by atoms with E-state index in [0.29, 0.717) is 6.04 Å². The number of aromatic nitrogens is 4. The molecule has 0 amide bonds. The second-order valence-electron chi connectivity index (χ2n) is 5.49. The molecule has 1 saturated carbocycles. The Morgan fingerprint density at radius 1 is 1.05 bits per heavy atom. The van der Waals surface area contributed by atoms with Crippen molar-refractivity contribution < 1.29 is 0 Å². The molecule has 0 aliphatic heterocycles. The lowest BCUT2D eigenvalue weighted by atomic mass is 10.2. The molecule has 1 fully saturated rings. The average molecular weight is 279 g/mol. The van der Waals surface area contributed by atoms with Gasteiger partial charge in [0.15, 0.2) is 5.65 Å². The largest absolute Gasteiger partial charge is 0.366 e. The van der Waals surface area contributed by atoms with Gasteiger partial charge in [-0.3, -0.25) is 4.98 Å². The zero-order chi connectivity index (χ0) is 14.1. The number of pyridine rings is 1. The van der Waals surface area contributed by atoms with Crippen molar-refractivity contribution in [3.05, 3.63) is 42.9 Å². The van der Waals surface area contributed by atoms with Gasteiger partial charge in [-0.25, -0.2) is 9.50 Å². The van der Waals surface area contributed by atoms with Crippen molar-refractivity contribution in [1.82, 2.24) is 19.6 Å². The number of nitrogens with zero attached hydrogens (tertiary/aromatic N) is 4. The first-order valence-corrected chi connectivity index (χ1v) is 7.42. The highest BCUT2D eigenvalue weighted by Gasteiger charge is 2.15. The normalized spacial score (nSPS) is 15.6. The van der Waals surface area contributed by atoms with Crippen molar-refractivity contribution in [2.45, 2.75) is 31.7 Å². The fourth-order valence-electron chi connectivity index (χ4n) is 2.95. The Hall–Kier alpha value is -2.43. The molecule has 0 unspecified atom stereocenters. The first-order valence-electron chi connectivity index (χ1n) is 7.42. The van der Waals surface area contributed by atoms with Crippen LogP contribution in [0.5, 0.6) is 0 Å². The molecule has 1 aliphatic carbocycles. The van der Waals surface area contributed by atoms with Crippen molar-refractivity contribution in [2.24, 2.45) is 0 Å². The van der Waals surface area contributed by atoms with Crippen LogP contribution in [-0.4, -0.2) is 25.6 Å². The number of nitrogens with one attached hydrogen (secondary N) is 1. The summed E-state index contributed by atoms with van der Waals surface area (Å²) in [6, 6.07) is 8.53. The van der Waals surface area contributed by atoms with Crippen LogP contribution < -0.4 is 5.32 Å². The van der Waals surface area contributed by atoms with Crippen LogP contribution in [0.4, 0.5) is 5.82 Å². The van der Waals surface area contributed by atoms with Gasteiger partial charge in [0.2, 0.25) is 0 Å². The number of anilines is 1. The van der Waals surface area contributed by atoms with Gasteiger partial charge >= 0.3 is 0 Å². The van der Waals surface area contributed by atoms with Gasteiger partial charge < -0.3 is 5.32 Å². The van der Waals surface area contributed by atoms with Gasteiger partial charge in [0.25, 0.3) is 0 Å². The summed E-state index contributed by atoms with van der Waals surface area (Å²) in [6.45, 7) is 0. The predicted molar refractivity (Wildman–Crippen MR) is 82.1 cm³/mol. The van der Waals surface area contributed by atoms with Gasteiger partial charge in [0.1, 0.15) is 5.82 Å². The van der Waals surface area contributed by atoms with Gasteiger partial charge in [-0.05, 0) is 37.1 Å². The van der Waals surface area contributed by atoms with Crippen molar-refractivity contribution in [3.63, 3.8) is 0 Å². The number of fused-ring (bicyclic) bond motifs is 1. The third-order valence-electron chi connectivity index (χ3n) is 4.05. The summed E-state index contributed by atoms with van der Waals surface area (Å²) in [5.74, 6) is 0.919. The molecule has 0 bridgehead atoms. The van der Waals surface area contributed by atoms with Crippen LogP contribution in [0, 0.1) is 0 Å². The highest BCUT2D eigenvalue weighted by Crippen LogP contribution is 2.23. The highest BCUT2D eigenvalue weighted by atomic mass is 15.3. The summed E-state index contributed by atoms with van der Waals surface area (Å²) in [5.41, 5.74) is 2.92. The van der Waals surface area contributed by atoms with E-state index in [4.69, 9.17) is 5.10 Å². The van der Waals surface area contributed by atoms with E-state index in [0.717, 1.165) is 22.7 Å². The number of hydrogen-bond donors (Lipinski definition) is 1. The van der Waals surface area contributed by atoms with E-state index < -0.39 is 0 Å². The quantitative estimate of drug-likeness (QED) is 0.800. The van der Waals surface area contributed by atoms with Gasteiger partial charge in [0, 0.05) is 24.0 Å². The van der Waals surface area contributed by atoms with Crippen molar-refractivity contribution in [2.75, 3.05) is 5.32 Å². The maximum atomic E-state index is 4.70. The Morgan fingerprint density at radius 2 is 1.86 bits per heavy atom. The molecular formula is C16H17N5. The molecule has 5 heteroatoms. The third-order valence-corrected chi connectivity index (χ3v) is 4.05. The maximum absolute atomic E-state index is 4.70. The number of rotatable bonds is 3. The minimum absolute atomic E-state index is 0.558. The Kier molecular flexibility index (Phi) is 3.03. The lowest BCUT2D eigenvalue weighted by Crippen LogP contribution is -2.16. The minimum atomic E-state index is 0.558. The summed E-state index contributed by atoms with van der Waals surface area (Å²) in [6.07, 6.45) is 10.5. The molecule has 0 spiro atoms. The van der Waals surface area contributed by atoms with E-state index in [2.05, 4.69) is 15.3 Å². The number of hydrogen-bond acceptors (Lipinski definition) is 4. The molecule has 1 aliphatic rings. The first-order chi connectivity index (χ1) is 10.4. The summed E-state index contributed by atoms with van der Waals surface area (Å²) >= 11 is 0. The van der Waals surface area contributed by atoms with Crippen LogP contribution in [0.2, 0.25) is 0 Å². The second-order valence-corrected chi connectivity index (χ2v) is 5.49. The predicted octanol–water partition coefficient (Wildman–Crippen LogP) is 3.15. The van der Waals surface area contributed by atoms with Gasteiger partial charge in [-0.1, -0.05) is 12.8 Å². The van der Waals surface area contributed by atoms with E-state index in [1.165, 1.54) is 25.7 Å². The topological polar surface area (TPSA) is 55.1 Å². The van der Waals surface area contributed by atoms with E-state index >= 15 is 0 Å². The SMILES string of the molecule is c1cc(-c2cnc3ccc(NC4CCCC4)nn23)ccn1. The monoisotopic (exact) mass is 279 g/mol. The van der Waals surface area contributed by atoms with Crippen molar-refractivity contribution in [3.8, 4) is 11.3 Å². The Balaban J connectivity index is 1.72. The van der Waals surface area contributed by atoms with E-state index in [9.17, 15) is 0 Å². The van der Waals surface area contributed by atoms with Crippen LogP contribution in [0.15, 0.2) is 42.9 Å². The average Bonchev–Trinajstić information content (AvgIpc) is 3.17. The maximum Gasteiger partial charge on any atom is 0.154 e. The fraction of sp³-hybridized carbons (Fsp3) is 0.312. The molecule has 0 radical (unpaired) electrons. The second kappa shape index (κ2) is 5.16. The van der Waals surface area contributed by atoms with Crippen LogP contribution in [0.25, 0.3) is 16.9 Å². The molecule has 0 saturated heterocycles. The summed E-state index contributed by atoms with van der Waals surface area (Å²) in [4.78, 5) is 8.48. The lowest BCUT2D eigenvalue weighted by molar-refractivity contribution is 0.743. The van der Waals surface area contributed by atoms with Gasteiger partial charge in [-0.15, -0.1) is 5.10 Å². The number of imidazole rings is 1. The smallest absolute Gasteiger partial charge is 0.154 e. The standard InChI is InChI=1S/C16H17N5/c1-2-4-13(3-1)19-15-5-6-16-18-11-14(21(16)20-15)12-7-9-17-10-8-12/h5-11,13H,1-4H2,(H,19,20). The van der Waals surface area contributed by atoms with Crippen LogP contribution >= 0.6 is 0 Å². The molecular weight excluding hydrogens is 262 g/mol. The van der Waals surface area contributed by atoms with Crippen LogP contribution in [-0.2, 0) is 0 Å². The van der Waals surface area contributed by atoms with Crippen molar-refractivity contribution in [1.29, 1.82) is 0 Å². The molecule has 106 valence electrons. The van der Waals surface area contributed by atoms with Crippen LogP contribution in [0.1, 0.15) is 25.7 Å². The molecule has 3 heterocycles. The highest BCUT2D eigenvalue weighted by molar-refractivity contribution is 5.63. The summed E-state index contributed by atoms with van der Waals surface area (Å²) in [5, 5.41) is 8.23. The van der Waals surface area contributed by atoms with E-state index in [1.54, 1.807) is 12.4 Å². The molecule has 0 aromatic carbocycles. The Labute approximate surface area is 123 Å². The summed E-state index contributed by atoms with van der Waals surface area (Å²) < 4.78 is 1.90. The zero-order valence-electron chi connectivity index (χ0n) is 11.7. The summed E-state index contributed by atoms with van der Waals surface area (Å²) in [7, 11) is 0.